The molecule has 0 spiro atoms. The Morgan fingerprint density at radius 1 is 0.643 bits per heavy atom. The van der Waals surface area contributed by atoms with Crippen LogP contribution >= 0.6 is 0 Å². The summed E-state index contributed by atoms with van der Waals surface area (Å²) in [5.74, 6) is 1.90. The Labute approximate surface area is 168 Å². The molecule has 0 unspecified atom stereocenters. The van der Waals surface area contributed by atoms with Crippen LogP contribution in [0.3, 0.4) is 0 Å². The molecule has 0 bridgehead atoms. The number of aryl methyl sites for hydroxylation is 4. The van der Waals surface area contributed by atoms with Crippen molar-refractivity contribution in [1.29, 1.82) is 0 Å². The first-order chi connectivity index (χ1) is 13.4. The van der Waals surface area contributed by atoms with Crippen LogP contribution in [0.15, 0.2) is 54.6 Å². The number of rotatable bonds is 5. The molecule has 0 atom stereocenters. The monoisotopic (exact) mass is 372 g/mol. The van der Waals surface area contributed by atoms with Crippen molar-refractivity contribution < 1.29 is 9.47 Å². The minimum absolute atomic E-state index is 0.951. The van der Waals surface area contributed by atoms with E-state index in [-0.39, 0.29) is 0 Å². The predicted molar refractivity (Wildman–Crippen MR) is 118 cm³/mol. The average molecular weight is 373 g/mol. The van der Waals surface area contributed by atoms with Gasteiger partial charge in [0.25, 0.3) is 0 Å². The maximum absolute atomic E-state index is 5.56. The van der Waals surface area contributed by atoms with Gasteiger partial charge in [0.1, 0.15) is 11.5 Å². The molecule has 0 heterocycles. The largest absolute Gasteiger partial charge is 0.496 e. The Morgan fingerprint density at radius 2 is 1.11 bits per heavy atom. The fourth-order valence-electron chi connectivity index (χ4n) is 3.93. The Kier molecular flexibility index (Phi) is 5.89. The van der Waals surface area contributed by atoms with E-state index in [2.05, 4.69) is 82.3 Å². The van der Waals surface area contributed by atoms with Crippen LogP contribution in [0.5, 0.6) is 11.5 Å². The van der Waals surface area contributed by atoms with Crippen LogP contribution in [0.25, 0.3) is 11.6 Å². The van der Waals surface area contributed by atoms with E-state index in [0.717, 1.165) is 33.8 Å². The third-order valence-corrected chi connectivity index (χ3v) is 5.06. The zero-order valence-electron chi connectivity index (χ0n) is 17.6. The van der Waals surface area contributed by atoms with Gasteiger partial charge in [0.2, 0.25) is 0 Å². The van der Waals surface area contributed by atoms with Crippen molar-refractivity contribution in [1.82, 2.24) is 0 Å². The van der Waals surface area contributed by atoms with Gasteiger partial charge in [-0.2, -0.15) is 0 Å². The van der Waals surface area contributed by atoms with Gasteiger partial charge in [0.15, 0.2) is 0 Å². The SMILES string of the molecule is COc1c(C)cc(C=C(c2ccccc2)c2cc(C)c(OC)c(C)c2)cc1C. The van der Waals surface area contributed by atoms with Crippen molar-refractivity contribution in [2.75, 3.05) is 14.2 Å². The van der Waals surface area contributed by atoms with Gasteiger partial charge in [-0.15, -0.1) is 0 Å². The van der Waals surface area contributed by atoms with Gasteiger partial charge >= 0.3 is 0 Å². The Hall–Kier alpha value is -3.00. The number of ether oxygens (including phenoxy) is 2. The molecule has 0 radical (unpaired) electrons. The molecular formula is C26H28O2. The lowest BCUT2D eigenvalue weighted by molar-refractivity contribution is 0.408. The maximum Gasteiger partial charge on any atom is 0.124 e. The molecule has 0 aromatic heterocycles. The van der Waals surface area contributed by atoms with Crippen molar-refractivity contribution in [3.05, 3.63) is 93.5 Å². The molecule has 2 heteroatoms. The first-order valence-corrected chi connectivity index (χ1v) is 9.52. The maximum atomic E-state index is 5.56. The zero-order valence-corrected chi connectivity index (χ0v) is 17.6. The van der Waals surface area contributed by atoms with Crippen molar-refractivity contribution in [3.63, 3.8) is 0 Å². The smallest absolute Gasteiger partial charge is 0.124 e. The lowest BCUT2D eigenvalue weighted by Crippen LogP contribution is -1.96. The molecule has 3 rings (SSSR count). The van der Waals surface area contributed by atoms with Crippen molar-refractivity contribution in [3.8, 4) is 11.5 Å². The molecule has 0 N–H and O–H groups in total. The summed E-state index contributed by atoms with van der Waals surface area (Å²) in [6.45, 7) is 8.37. The predicted octanol–water partition coefficient (Wildman–Crippen LogP) is 6.53. The van der Waals surface area contributed by atoms with Gasteiger partial charge in [0, 0.05) is 0 Å². The highest BCUT2D eigenvalue weighted by molar-refractivity contribution is 5.92. The quantitative estimate of drug-likeness (QED) is 0.474. The van der Waals surface area contributed by atoms with Gasteiger partial charge in [0.05, 0.1) is 14.2 Å². The fraction of sp³-hybridized carbons (Fsp3) is 0.231. The number of hydrogen-bond acceptors (Lipinski definition) is 2. The normalized spacial score (nSPS) is 11.4. The fourth-order valence-corrected chi connectivity index (χ4v) is 3.93. The summed E-state index contributed by atoms with van der Waals surface area (Å²) < 4.78 is 11.1. The molecule has 0 fully saturated rings. The highest BCUT2D eigenvalue weighted by Gasteiger charge is 2.12. The van der Waals surface area contributed by atoms with Gasteiger partial charge < -0.3 is 9.47 Å². The van der Waals surface area contributed by atoms with Crippen LogP contribution in [0.1, 0.15) is 38.9 Å². The lowest BCUT2D eigenvalue weighted by atomic mass is 9.92. The van der Waals surface area contributed by atoms with Gasteiger partial charge in [-0.1, -0.05) is 30.3 Å². The van der Waals surface area contributed by atoms with Crippen molar-refractivity contribution in [2.24, 2.45) is 0 Å². The summed E-state index contributed by atoms with van der Waals surface area (Å²) in [5.41, 5.74) is 9.30. The number of hydrogen-bond donors (Lipinski definition) is 0. The average Bonchev–Trinajstić information content (AvgIpc) is 2.66. The molecule has 3 aromatic rings. The molecule has 28 heavy (non-hydrogen) atoms. The molecule has 0 aliphatic heterocycles. The summed E-state index contributed by atoms with van der Waals surface area (Å²) in [7, 11) is 3.45. The van der Waals surface area contributed by atoms with E-state index < -0.39 is 0 Å². The molecular weight excluding hydrogens is 344 g/mol. The van der Waals surface area contributed by atoms with Crippen LogP contribution < -0.4 is 9.47 Å². The zero-order chi connectivity index (χ0) is 20.3. The van der Waals surface area contributed by atoms with E-state index in [1.54, 1.807) is 14.2 Å². The Bertz CT molecular complexity index is 968. The van der Waals surface area contributed by atoms with Crippen LogP contribution in [0.2, 0.25) is 0 Å². The van der Waals surface area contributed by atoms with Crippen LogP contribution in [-0.2, 0) is 0 Å². The van der Waals surface area contributed by atoms with Gasteiger partial charge in [-0.25, -0.2) is 0 Å². The number of benzene rings is 3. The molecule has 3 aromatic carbocycles. The van der Waals surface area contributed by atoms with E-state index in [1.807, 2.05) is 6.07 Å². The summed E-state index contributed by atoms with van der Waals surface area (Å²) in [5, 5.41) is 0. The lowest BCUT2D eigenvalue weighted by Gasteiger charge is -2.15. The molecule has 0 amide bonds. The first-order valence-electron chi connectivity index (χ1n) is 9.52. The van der Waals surface area contributed by atoms with Gasteiger partial charge in [-0.05, 0) is 103 Å². The summed E-state index contributed by atoms with van der Waals surface area (Å²) >= 11 is 0. The van der Waals surface area contributed by atoms with Crippen LogP contribution in [-0.4, -0.2) is 14.2 Å². The Balaban J connectivity index is 2.21. The van der Waals surface area contributed by atoms with E-state index >= 15 is 0 Å². The van der Waals surface area contributed by atoms with Crippen LogP contribution in [0, 0.1) is 27.7 Å². The van der Waals surface area contributed by atoms with Gasteiger partial charge in [-0.3, -0.25) is 0 Å². The van der Waals surface area contributed by atoms with Crippen molar-refractivity contribution in [2.45, 2.75) is 27.7 Å². The number of methoxy groups -OCH3 is 2. The molecule has 0 saturated carbocycles. The minimum atomic E-state index is 0.951. The molecule has 0 aliphatic rings. The third kappa shape index (κ3) is 3.96. The highest BCUT2D eigenvalue weighted by Crippen LogP contribution is 2.33. The minimum Gasteiger partial charge on any atom is -0.496 e. The van der Waals surface area contributed by atoms with E-state index in [4.69, 9.17) is 9.47 Å². The topological polar surface area (TPSA) is 18.5 Å². The summed E-state index contributed by atoms with van der Waals surface area (Å²) in [6.07, 6.45) is 2.26. The van der Waals surface area contributed by atoms with E-state index in [0.29, 0.717) is 0 Å². The molecule has 2 nitrogen and oxygen atoms in total. The molecule has 0 saturated heterocycles. The highest BCUT2D eigenvalue weighted by atomic mass is 16.5. The summed E-state index contributed by atoms with van der Waals surface area (Å²) in [4.78, 5) is 0. The Morgan fingerprint density at radius 3 is 1.57 bits per heavy atom. The summed E-state index contributed by atoms with van der Waals surface area (Å²) in [6, 6.07) is 19.3. The van der Waals surface area contributed by atoms with E-state index in [9.17, 15) is 0 Å². The second kappa shape index (κ2) is 8.35. The van der Waals surface area contributed by atoms with E-state index in [1.165, 1.54) is 22.3 Å². The molecule has 144 valence electrons. The van der Waals surface area contributed by atoms with Crippen molar-refractivity contribution >= 4 is 11.6 Å². The van der Waals surface area contributed by atoms with Crippen LogP contribution in [0.4, 0.5) is 0 Å². The second-order valence-electron chi connectivity index (χ2n) is 7.26. The molecule has 0 aliphatic carbocycles. The standard InChI is InChI=1S/C26H28O2/c1-17-12-21(13-18(2)25(17)27-5)16-24(22-10-8-7-9-11-22)23-14-19(3)26(28-6)20(4)15-23/h7-16H,1-6H3. The third-order valence-electron chi connectivity index (χ3n) is 5.06. The first kappa shape index (κ1) is 19.8. The second-order valence-corrected chi connectivity index (χ2v) is 7.26.